The van der Waals surface area contributed by atoms with E-state index in [0.717, 1.165) is 0 Å². The van der Waals surface area contributed by atoms with Crippen LogP contribution < -0.4 is 5.32 Å². The molecule has 0 unspecified atom stereocenters. The number of phenols is 1. The Balaban J connectivity index is 2.06. The molecule has 0 saturated carbocycles. The lowest BCUT2D eigenvalue weighted by molar-refractivity contribution is -0.139. The molecule has 1 amide bonds. The minimum Gasteiger partial charge on any atom is -0.508 e. The van der Waals surface area contributed by atoms with Crippen molar-refractivity contribution in [2.45, 2.75) is 12.5 Å². The molecule has 2 rings (SSSR count). The number of carboxylic acid groups (broad SMARTS) is 1. The third kappa shape index (κ3) is 3.28. The second-order valence-corrected chi connectivity index (χ2v) is 3.97. The first kappa shape index (κ1) is 13.5. The number of hydrogen-bond donors (Lipinski definition) is 4. The van der Waals surface area contributed by atoms with Crippen molar-refractivity contribution in [3.63, 3.8) is 0 Å². The average molecular weight is 277 g/mol. The number of tetrazole rings is 1. The Morgan fingerprint density at radius 1 is 1.30 bits per heavy atom. The standard InChI is InChI=1S/C11H11N5O4/c17-7-3-1-6(2-4-7)5-8(11(19)20)12-10(18)9-13-15-16-14-9/h1-4,8,17H,5H2,(H,12,18)(H,19,20)(H,13,14,15,16)/t8-/m0/s1. The smallest absolute Gasteiger partial charge is 0.326 e. The second kappa shape index (κ2) is 5.78. The van der Waals surface area contributed by atoms with Crippen molar-refractivity contribution < 1.29 is 19.8 Å². The lowest BCUT2D eigenvalue weighted by Gasteiger charge is -2.13. The molecule has 9 heteroatoms. The third-order valence-electron chi connectivity index (χ3n) is 2.53. The number of aromatic nitrogens is 4. The largest absolute Gasteiger partial charge is 0.508 e. The van der Waals surface area contributed by atoms with Crippen molar-refractivity contribution in [1.82, 2.24) is 25.9 Å². The Morgan fingerprint density at radius 2 is 2.00 bits per heavy atom. The number of amides is 1. The summed E-state index contributed by atoms with van der Waals surface area (Å²) in [6.07, 6.45) is 0.0687. The van der Waals surface area contributed by atoms with Gasteiger partial charge in [-0.2, -0.15) is 5.21 Å². The van der Waals surface area contributed by atoms with Gasteiger partial charge >= 0.3 is 5.97 Å². The van der Waals surface area contributed by atoms with Crippen LogP contribution >= 0.6 is 0 Å². The van der Waals surface area contributed by atoms with Crippen LogP contribution in [-0.2, 0) is 11.2 Å². The summed E-state index contributed by atoms with van der Waals surface area (Å²) in [5.41, 5.74) is 0.656. The molecule has 0 aliphatic carbocycles. The van der Waals surface area contributed by atoms with Gasteiger partial charge in [-0.25, -0.2) is 4.79 Å². The molecule has 1 atom stereocenters. The van der Waals surface area contributed by atoms with Crippen molar-refractivity contribution in [2.24, 2.45) is 0 Å². The van der Waals surface area contributed by atoms with E-state index >= 15 is 0 Å². The van der Waals surface area contributed by atoms with Crippen LogP contribution in [0.15, 0.2) is 24.3 Å². The first-order chi connectivity index (χ1) is 9.56. The maximum Gasteiger partial charge on any atom is 0.326 e. The van der Waals surface area contributed by atoms with E-state index in [1.807, 2.05) is 0 Å². The number of nitrogens with zero attached hydrogens (tertiary/aromatic N) is 3. The SMILES string of the molecule is O=C(N[C@@H](Cc1ccc(O)cc1)C(=O)O)c1nn[nH]n1. The molecule has 1 heterocycles. The number of carboxylic acids is 1. The van der Waals surface area contributed by atoms with E-state index in [-0.39, 0.29) is 18.0 Å². The Hall–Kier alpha value is -2.97. The fourth-order valence-electron chi connectivity index (χ4n) is 1.55. The van der Waals surface area contributed by atoms with Gasteiger partial charge < -0.3 is 15.5 Å². The normalized spacial score (nSPS) is 11.8. The van der Waals surface area contributed by atoms with Crippen molar-refractivity contribution in [1.29, 1.82) is 0 Å². The van der Waals surface area contributed by atoms with Gasteiger partial charge in [0.15, 0.2) is 0 Å². The van der Waals surface area contributed by atoms with E-state index in [4.69, 9.17) is 10.2 Å². The summed E-state index contributed by atoms with van der Waals surface area (Å²) < 4.78 is 0. The molecule has 20 heavy (non-hydrogen) atoms. The van der Waals surface area contributed by atoms with Crippen molar-refractivity contribution >= 4 is 11.9 Å². The van der Waals surface area contributed by atoms with Crippen LogP contribution in [0, 0.1) is 0 Å². The lowest BCUT2D eigenvalue weighted by Crippen LogP contribution is -2.42. The number of aliphatic carboxylic acids is 1. The van der Waals surface area contributed by atoms with Crippen molar-refractivity contribution in [2.75, 3.05) is 0 Å². The monoisotopic (exact) mass is 277 g/mol. The molecule has 4 N–H and O–H groups in total. The maximum atomic E-state index is 11.7. The molecular weight excluding hydrogens is 266 g/mol. The first-order valence-corrected chi connectivity index (χ1v) is 5.61. The molecule has 0 aliphatic rings. The highest BCUT2D eigenvalue weighted by atomic mass is 16.4. The van der Waals surface area contributed by atoms with Crippen LogP contribution in [0.2, 0.25) is 0 Å². The third-order valence-corrected chi connectivity index (χ3v) is 2.53. The molecule has 0 bridgehead atoms. The highest BCUT2D eigenvalue weighted by molar-refractivity contribution is 5.93. The number of aromatic amines is 1. The zero-order valence-corrected chi connectivity index (χ0v) is 10.1. The van der Waals surface area contributed by atoms with Crippen LogP contribution in [0.3, 0.4) is 0 Å². The van der Waals surface area contributed by atoms with Crippen LogP contribution in [0.4, 0.5) is 0 Å². The predicted octanol–water partition coefficient (Wildman–Crippen LogP) is -0.669. The van der Waals surface area contributed by atoms with Gasteiger partial charge in [0, 0.05) is 6.42 Å². The van der Waals surface area contributed by atoms with Crippen LogP contribution in [0.1, 0.15) is 16.2 Å². The van der Waals surface area contributed by atoms with Gasteiger partial charge in [0.2, 0.25) is 0 Å². The fraction of sp³-hybridized carbons (Fsp3) is 0.182. The maximum absolute atomic E-state index is 11.7. The molecule has 1 aromatic heterocycles. The van der Waals surface area contributed by atoms with Gasteiger partial charge in [-0.05, 0) is 22.9 Å². The summed E-state index contributed by atoms with van der Waals surface area (Å²) in [4.78, 5) is 22.8. The van der Waals surface area contributed by atoms with E-state index in [2.05, 4.69) is 25.9 Å². The van der Waals surface area contributed by atoms with Crippen molar-refractivity contribution in [3.05, 3.63) is 35.7 Å². The van der Waals surface area contributed by atoms with Crippen LogP contribution in [0.5, 0.6) is 5.75 Å². The van der Waals surface area contributed by atoms with E-state index < -0.39 is 17.9 Å². The number of phenolic OH excluding ortho intramolecular Hbond substituents is 1. The molecule has 0 radical (unpaired) electrons. The van der Waals surface area contributed by atoms with Gasteiger partial charge in [0.05, 0.1) is 0 Å². The molecule has 0 aliphatic heterocycles. The number of carbonyl (C=O) groups excluding carboxylic acids is 1. The number of hydrogen-bond acceptors (Lipinski definition) is 6. The number of carbonyl (C=O) groups is 2. The van der Waals surface area contributed by atoms with Crippen molar-refractivity contribution in [3.8, 4) is 5.75 Å². The summed E-state index contributed by atoms with van der Waals surface area (Å²) in [6, 6.07) is 4.90. The van der Waals surface area contributed by atoms with E-state index in [1.165, 1.54) is 12.1 Å². The highest BCUT2D eigenvalue weighted by Gasteiger charge is 2.23. The number of aromatic hydroxyl groups is 1. The highest BCUT2D eigenvalue weighted by Crippen LogP contribution is 2.11. The van der Waals surface area contributed by atoms with Gasteiger partial charge in [-0.1, -0.05) is 12.1 Å². The van der Waals surface area contributed by atoms with E-state index in [0.29, 0.717) is 5.56 Å². The number of H-pyrrole nitrogens is 1. The molecule has 2 aromatic rings. The topological polar surface area (TPSA) is 141 Å². The Kier molecular flexibility index (Phi) is 3.89. The van der Waals surface area contributed by atoms with E-state index in [1.54, 1.807) is 12.1 Å². The summed E-state index contributed by atoms with van der Waals surface area (Å²) in [5, 5.41) is 32.8. The average Bonchev–Trinajstić information content (AvgIpc) is 2.94. The number of nitrogens with one attached hydrogen (secondary N) is 2. The molecule has 0 spiro atoms. The second-order valence-electron chi connectivity index (χ2n) is 3.97. The van der Waals surface area contributed by atoms with Gasteiger partial charge in [-0.3, -0.25) is 4.79 Å². The van der Waals surface area contributed by atoms with Gasteiger partial charge in [0.1, 0.15) is 11.8 Å². The molecule has 9 nitrogen and oxygen atoms in total. The quantitative estimate of drug-likeness (QED) is 0.568. The van der Waals surface area contributed by atoms with Crippen LogP contribution in [0.25, 0.3) is 0 Å². The fourth-order valence-corrected chi connectivity index (χ4v) is 1.55. The summed E-state index contributed by atoms with van der Waals surface area (Å²) in [5.74, 6) is -2.07. The van der Waals surface area contributed by atoms with Gasteiger partial charge in [0.25, 0.3) is 11.7 Å². The molecule has 0 fully saturated rings. The summed E-state index contributed by atoms with van der Waals surface area (Å²) >= 11 is 0. The van der Waals surface area contributed by atoms with Crippen LogP contribution in [-0.4, -0.2) is 48.8 Å². The summed E-state index contributed by atoms with van der Waals surface area (Å²) in [6.45, 7) is 0. The first-order valence-electron chi connectivity index (χ1n) is 5.61. The molecular formula is C11H11N5O4. The number of rotatable bonds is 5. The zero-order valence-electron chi connectivity index (χ0n) is 10.1. The van der Waals surface area contributed by atoms with Gasteiger partial charge in [-0.15, -0.1) is 10.2 Å². The molecule has 1 aromatic carbocycles. The minimum absolute atomic E-state index is 0.0687. The molecule has 0 saturated heterocycles. The Bertz CT molecular complexity index is 596. The minimum atomic E-state index is -1.19. The Labute approximate surface area is 112 Å². The lowest BCUT2D eigenvalue weighted by atomic mass is 10.1. The molecule has 104 valence electrons. The Morgan fingerprint density at radius 3 is 2.55 bits per heavy atom. The summed E-state index contributed by atoms with van der Waals surface area (Å²) in [7, 11) is 0. The predicted molar refractivity (Wildman–Crippen MR) is 64.9 cm³/mol. The van der Waals surface area contributed by atoms with E-state index in [9.17, 15) is 9.59 Å². The number of benzene rings is 1. The zero-order chi connectivity index (χ0) is 14.5.